The average Bonchev–Trinajstić information content (AvgIpc) is 2.99. The summed E-state index contributed by atoms with van der Waals surface area (Å²) in [6.45, 7) is 1.96. The maximum Gasteiger partial charge on any atom is 0.243 e. The summed E-state index contributed by atoms with van der Waals surface area (Å²) in [5.74, 6) is 0.577. The van der Waals surface area contributed by atoms with Crippen LogP contribution in [0.2, 0.25) is 0 Å². The van der Waals surface area contributed by atoms with Crippen LogP contribution < -0.4 is 0 Å². The van der Waals surface area contributed by atoms with Gasteiger partial charge in [-0.25, -0.2) is 8.42 Å². The highest BCUT2D eigenvalue weighted by atomic mass is 32.2. The number of sulfonamides is 1. The molecule has 0 aliphatic rings. The van der Waals surface area contributed by atoms with E-state index in [1.165, 1.54) is 23.7 Å². The largest absolute Gasteiger partial charge is 0.468 e. The molecule has 0 saturated carbocycles. The second-order valence-corrected chi connectivity index (χ2v) is 6.83. The number of nitrogens with zero attached hydrogens (tertiary/aromatic N) is 1. The molecule has 0 aliphatic heterocycles. The van der Waals surface area contributed by atoms with Crippen molar-refractivity contribution in [1.82, 2.24) is 4.31 Å². The lowest BCUT2D eigenvalue weighted by Crippen LogP contribution is -2.26. The van der Waals surface area contributed by atoms with E-state index >= 15 is 0 Å². The quantitative estimate of drug-likeness (QED) is 0.887. The van der Waals surface area contributed by atoms with Crippen molar-refractivity contribution < 1.29 is 17.9 Å². The number of aryl methyl sites for hydroxylation is 1. The topological polar surface area (TPSA) is 70.8 Å². The normalized spacial score (nSPS) is 12.0. The van der Waals surface area contributed by atoms with Crippen LogP contribution in [-0.2, 0) is 29.6 Å². The summed E-state index contributed by atoms with van der Waals surface area (Å²) < 4.78 is 31.5. The molecule has 0 spiro atoms. The van der Waals surface area contributed by atoms with Gasteiger partial charge in [0.15, 0.2) is 0 Å². The lowest BCUT2D eigenvalue weighted by atomic mass is 10.1. The Kier molecular flexibility index (Phi) is 4.82. The van der Waals surface area contributed by atoms with Crippen molar-refractivity contribution in [1.29, 1.82) is 0 Å². The number of hydrogen-bond acceptors (Lipinski definition) is 4. The maximum absolute atomic E-state index is 12.5. The molecule has 1 heterocycles. The first kappa shape index (κ1) is 15.8. The van der Waals surface area contributed by atoms with Crippen molar-refractivity contribution in [3.63, 3.8) is 0 Å². The fraction of sp³-hybridized carbons (Fsp3) is 0.333. The zero-order valence-corrected chi connectivity index (χ0v) is 12.9. The molecular formula is C15H19NO4S. The lowest BCUT2D eigenvalue weighted by molar-refractivity contribution is 0.280. The zero-order chi connectivity index (χ0) is 15.5. The molecule has 0 unspecified atom stereocenters. The number of rotatable bonds is 6. The Morgan fingerprint density at radius 3 is 2.57 bits per heavy atom. The summed E-state index contributed by atoms with van der Waals surface area (Å²) in [4.78, 5) is 0.179. The van der Waals surface area contributed by atoms with Crippen LogP contribution in [0, 0.1) is 0 Å². The van der Waals surface area contributed by atoms with E-state index in [0.29, 0.717) is 11.3 Å². The number of aliphatic hydroxyl groups is 1. The molecule has 5 nitrogen and oxygen atoms in total. The highest BCUT2D eigenvalue weighted by molar-refractivity contribution is 7.89. The van der Waals surface area contributed by atoms with Gasteiger partial charge in [-0.1, -0.05) is 13.0 Å². The Labute approximate surface area is 124 Å². The zero-order valence-electron chi connectivity index (χ0n) is 12.1. The Balaban J connectivity index is 2.30. The van der Waals surface area contributed by atoms with Crippen molar-refractivity contribution in [2.24, 2.45) is 0 Å². The summed E-state index contributed by atoms with van der Waals surface area (Å²) in [5, 5.41) is 9.36. The Morgan fingerprint density at radius 2 is 2.00 bits per heavy atom. The van der Waals surface area contributed by atoms with E-state index in [1.807, 2.05) is 6.92 Å². The molecule has 21 heavy (non-hydrogen) atoms. The first-order valence-corrected chi connectivity index (χ1v) is 8.14. The van der Waals surface area contributed by atoms with Crippen LogP contribution in [0.15, 0.2) is 45.9 Å². The molecule has 0 aliphatic carbocycles. The molecule has 0 amide bonds. The van der Waals surface area contributed by atoms with Gasteiger partial charge in [0, 0.05) is 7.05 Å². The van der Waals surface area contributed by atoms with Crippen LogP contribution in [-0.4, -0.2) is 24.9 Å². The molecule has 0 radical (unpaired) electrons. The van der Waals surface area contributed by atoms with Crippen LogP contribution in [0.3, 0.4) is 0 Å². The molecule has 1 aromatic carbocycles. The maximum atomic E-state index is 12.5. The van der Waals surface area contributed by atoms with Crippen LogP contribution in [0.1, 0.15) is 23.8 Å². The van der Waals surface area contributed by atoms with E-state index in [9.17, 15) is 13.5 Å². The summed E-state index contributed by atoms with van der Waals surface area (Å²) in [5.41, 5.74) is 1.59. The van der Waals surface area contributed by atoms with Crippen molar-refractivity contribution in [3.05, 3.63) is 53.5 Å². The number of benzene rings is 1. The standard InChI is InChI=1S/C15H19NO4S/c1-3-12-6-7-15(9-13(12)11-17)21(18,19)16(2)10-14-5-4-8-20-14/h4-9,17H,3,10-11H2,1-2H3. The third-order valence-corrected chi connectivity index (χ3v) is 5.20. The summed E-state index contributed by atoms with van der Waals surface area (Å²) in [6, 6.07) is 8.30. The van der Waals surface area contributed by atoms with Crippen LogP contribution in [0.4, 0.5) is 0 Å². The van der Waals surface area contributed by atoms with E-state index in [-0.39, 0.29) is 18.0 Å². The summed E-state index contributed by atoms with van der Waals surface area (Å²) >= 11 is 0. The van der Waals surface area contributed by atoms with Crippen molar-refractivity contribution in [2.75, 3.05) is 7.05 Å². The van der Waals surface area contributed by atoms with Gasteiger partial charge in [-0.15, -0.1) is 0 Å². The Hall–Kier alpha value is -1.63. The molecule has 1 N–H and O–H groups in total. The smallest absolute Gasteiger partial charge is 0.243 e. The average molecular weight is 309 g/mol. The SMILES string of the molecule is CCc1ccc(S(=O)(=O)N(C)Cc2ccco2)cc1CO. The van der Waals surface area contributed by atoms with E-state index in [1.54, 1.807) is 24.3 Å². The first-order chi connectivity index (χ1) is 9.98. The second kappa shape index (κ2) is 6.43. The fourth-order valence-electron chi connectivity index (χ4n) is 2.14. The highest BCUT2D eigenvalue weighted by Crippen LogP contribution is 2.21. The molecule has 0 atom stereocenters. The predicted molar refractivity (Wildman–Crippen MR) is 79.1 cm³/mol. The monoisotopic (exact) mass is 309 g/mol. The minimum absolute atomic E-state index is 0.166. The molecular weight excluding hydrogens is 290 g/mol. The van der Waals surface area contributed by atoms with Crippen LogP contribution >= 0.6 is 0 Å². The molecule has 6 heteroatoms. The molecule has 1 aromatic heterocycles. The third-order valence-electron chi connectivity index (χ3n) is 3.40. The van der Waals surface area contributed by atoms with Crippen molar-refractivity contribution >= 4 is 10.0 Å². The first-order valence-electron chi connectivity index (χ1n) is 6.70. The van der Waals surface area contributed by atoms with Crippen molar-refractivity contribution in [2.45, 2.75) is 31.4 Å². The van der Waals surface area contributed by atoms with Gasteiger partial charge in [0.1, 0.15) is 5.76 Å². The summed E-state index contributed by atoms with van der Waals surface area (Å²) in [7, 11) is -2.11. The van der Waals surface area contributed by atoms with Gasteiger partial charge in [-0.2, -0.15) is 4.31 Å². The number of aliphatic hydroxyl groups excluding tert-OH is 1. The van der Waals surface area contributed by atoms with Gasteiger partial charge in [0.05, 0.1) is 24.3 Å². The second-order valence-electron chi connectivity index (χ2n) is 4.78. The highest BCUT2D eigenvalue weighted by Gasteiger charge is 2.22. The molecule has 2 rings (SSSR count). The van der Waals surface area contributed by atoms with Gasteiger partial charge in [-0.05, 0) is 41.8 Å². The molecule has 0 saturated heterocycles. The van der Waals surface area contributed by atoms with Gasteiger partial charge >= 0.3 is 0 Å². The van der Waals surface area contributed by atoms with Gasteiger partial charge in [0.2, 0.25) is 10.0 Å². The van der Waals surface area contributed by atoms with Gasteiger partial charge in [0.25, 0.3) is 0 Å². The molecule has 114 valence electrons. The van der Waals surface area contributed by atoms with Gasteiger partial charge in [-0.3, -0.25) is 0 Å². The van der Waals surface area contributed by atoms with Crippen molar-refractivity contribution in [3.8, 4) is 0 Å². The van der Waals surface area contributed by atoms with Gasteiger partial charge < -0.3 is 9.52 Å². The van der Waals surface area contributed by atoms with E-state index in [4.69, 9.17) is 4.42 Å². The van der Waals surface area contributed by atoms with E-state index in [0.717, 1.165) is 12.0 Å². The molecule has 0 bridgehead atoms. The molecule has 2 aromatic rings. The molecule has 0 fully saturated rings. The number of furan rings is 1. The minimum atomic E-state index is -3.61. The Bertz CT molecular complexity index is 692. The van der Waals surface area contributed by atoms with E-state index < -0.39 is 10.0 Å². The summed E-state index contributed by atoms with van der Waals surface area (Å²) in [6.07, 6.45) is 2.26. The Morgan fingerprint density at radius 1 is 1.24 bits per heavy atom. The predicted octanol–water partition coefficient (Wildman–Crippen LogP) is 2.16. The third kappa shape index (κ3) is 3.34. The lowest BCUT2D eigenvalue weighted by Gasteiger charge is -2.17. The van der Waals surface area contributed by atoms with E-state index in [2.05, 4.69) is 0 Å². The van der Waals surface area contributed by atoms with Crippen LogP contribution in [0.25, 0.3) is 0 Å². The minimum Gasteiger partial charge on any atom is -0.468 e. The number of hydrogen-bond donors (Lipinski definition) is 1. The fourth-order valence-corrected chi connectivity index (χ4v) is 3.33. The van der Waals surface area contributed by atoms with Crippen LogP contribution in [0.5, 0.6) is 0 Å².